The molecular weight excluding hydrogens is 272 g/mol. The zero-order valence-electron chi connectivity index (χ0n) is 12.3. The minimum Gasteiger partial charge on any atom is -0.394 e. The second-order valence-corrected chi connectivity index (χ2v) is 5.21. The van der Waals surface area contributed by atoms with Crippen LogP contribution in [-0.4, -0.2) is 40.8 Å². The van der Waals surface area contributed by atoms with Gasteiger partial charge in [0.1, 0.15) is 5.82 Å². The summed E-state index contributed by atoms with van der Waals surface area (Å²) in [5.74, 6) is 0.985. The lowest BCUT2D eigenvalue weighted by Crippen LogP contribution is -2.38. The molecule has 0 amide bonds. The molecule has 1 atom stereocenters. The minimum absolute atomic E-state index is 0.00277. The Labute approximate surface area is 124 Å². The van der Waals surface area contributed by atoms with E-state index in [0.29, 0.717) is 24.7 Å². The van der Waals surface area contributed by atoms with Gasteiger partial charge in [-0.25, -0.2) is 4.98 Å². The monoisotopic (exact) mass is 294 g/mol. The highest BCUT2D eigenvalue weighted by molar-refractivity contribution is 5.62. The molecule has 1 aliphatic rings. The molecule has 2 N–H and O–H groups in total. The molecule has 0 aromatic carbocycles. The third-order valence-electron chi connectivity index (χ3n) is 3.77. The van der Waals surface area contributed by atoms with E-state index in [-0.39, 0.29) is 18.3 Å². The van der Waals surface area contributed by atoms with Crippen molar-refractivity contribution >= 4 is 17.3 Å². The highest BCUT2D eigenvalue weighted by Crippen LogP contribution is 2.31. The van der Waals surface area contributed by atoms with Gasteiger partial charge in [0.05, 0.1) is 17.6 Å². The van der Waals surface area contributed by atoms with E-state index in [0.717, 1.165) is 25.7 Å². The van der Waals surface area contributed by atoms with Crippen LogP contribution >= 0.6 is 0 Å². The first-order chi connectivity index (χ1) is 10.2. The number of aromatic nitrogens is 1. The van der Waals surface area contributed by atoms with Crippen LogP contribution in [0.5, 0.6) is 0 Å². The number of hydrogen-bond donors (Lipinski definition) is 2. The van der Waals surface area contributed by atoms with E-state index in [1.807, 2.05) is 11.8 Å². The summed E-state index contributed by atoms with van der Waals surface area (Å²) in [6.07, 6.45) is 3.90. The van der Waals surface area contributed by atoms with Gasteiger partial charge < -0.3 is 15.3 Å². The van der Waals surface area contributed by atoms with Gasteiger partial charge >= 0.3 is 5.69 Å². The summed E-state index contributed by atoms with van der Waals surface area (Å²) < 4.78 is 0. The van der Waals surface area contributed by atoms with E-state index in [1.54, 1.807) is 6.07 Å². The highest BCUT2D eigenvalue weighted by atomic mass is 16.6. The molecule has 7 nitrogen and oxygen atoms in total. The molecule has 0 spiro atoms. The first-order valence-electron chi connectivity index (χ1n) is 7.44. The van der Waals surface area contributed by atoms with E-state index in [9.17, 15) is 15.2 Å². The van der Waals surface area contributed by atoms with Crippen LogP contribution in [0.25, 0.3) is 0 Å². The van der Waals surface area contributed by atoms with Gasteiger partial charge in [-0.1, -0.05) is 12.8 Å². The molecule has 1 unspecified atom stereocenters. The van der Waals surface area contributed by atoms with E-state index in [4.69, 9.17) is 0 Å². The smallest absolute Gasteiger partial charge is 0.311 e. The average Bonchev–Trinajstić information content (AvgIpc) is 2.72. The third kappa shape index (κ3) is 3.60. The van der Waals surface area contributed by atoms with Gasteiger partial charge in [0.25, 0.3) is 0 Å². The zero-order valence-corrected chi connectivity index (χ0v) is 12.3. The maximum Gasteiger partial charge on any atom is 0.311 e. The molecule has 0 aliphatic carbocycles. The van der Waals surface area contributed by atoms with Crippen molar-refractivity contribution in [1.82, 2.24) is 4.98 Å². The molecule has 116 valence electrons. The second kappa shape index (κ2) is 7.21. The van der Waals surface area contributed by atoms with Gasteiger partial charge in [-0.2, -0.15) is 0 Å². The van der Waals surface area contributed by atoms with Crippen LogP contribution in [0.4, 0.5) is 17.3 Å². The van der Waals surface area contributed by atoms with E-state index >= 15 is 0 Å². The summed E-state index contributed by atoms with van der Waals surface area (Å²) in [6.45, 7) is 3.33. The Bertz CT molecular complexity index is 495. The number of rotatable bonds is 5. The Kier molecular flexibility index (Phi) is 5.32. The first kappa shape index (κ1) is 15.5. The molecule has 2 heterocycles. The number of nitrogens with zero attached hydrogens (tertiary/aromatic N) is 3. The molecule has 7 heteroatoms. The predicted molar refractivity (Wildman–Crippen MR) is 81.7 cm³/mol. The molecule has 1 aromatic heterocycles. The van der Waals surface area contributed by atoms with Crippen LogP contribution in [0.3, 0.4) is 0 Å². The summed E-state index contributed by atoms with van der Waals surface area (Å²) in [4.78, 5) is 17.2. The van der Waals surface area contributed by atoms with Gasteiger partial charge in [-0.3, -0.25) is 10.1 Å². The fourth-order valence-electron chi connectivity index (χ4n) is 2.72. The van der Waals surface area contributed by atoms with E-state index in [2.05, 4.69) is 10.3 Å². The van der Waals surface area contributed by atoms with Crippen molar-refractivity contribution < 1.29 is 10.0 Å². The topological polar surface area (TPSA) is 91.5 Å². The van der Waals surface area contributed by atoms with Crippen molar-refractivity contribution in [2.75, 3.05) is 29.9 Å². The Morgan fingerprint density at radius 3 is 2.95 bits per heavy atom. The summed E-state index contributed by atoms with van der Waals surface area (Å²) in [5, 5.41) is 23.9. The number of aliphatic hydroxyl groups excluding tert-OH is 1. The Morgan fingerprint density at radius 1 is 1.48 bits per heavy atom. The maximum absolute atomic E-state index is 11.3. The number of anilines is 2. The van der Waals surface area contributed by atoms with Crippen molar-refractivity contribution in [3.63, 3.8) is 0 Å². The summed E-state index contributed by atoms with van der Waals surface area (Å²) in [7, 11) is 0. The fourth-order valence-corrected chi connectivity index (χ4v) is 2.72. The van der Waals surface area contributed by atoms with Crippen LogP contribution in [0.15, 0.2) is 12.1 Å². The molecule has 1 fully saturated rings. The fraction of sp³-hybridized carbons (Fsp3) is 0.643. The number of hydrogen-bond acceptors (Lipinski definition) is 6. The Hall–Kier alpha value is -1.89. The molecule has 0 bridgehead atoms. The summed E-state index contributed by atoms with van der Waals surface area (Å²) in [6, 6.07) is 3.01. The number of nitro groups is 1. The van der Waals surface area contributed by atoms with E-state index < -0.39 is 4.92 Å². The average molecular weight is 294 g/mol. The molecule has 21 heavy (non-hydrogen) atoms. The highest BCUT2D eigenvalue weighted by Gasteiger charge is 2.28. The largest absolute Gasteiger partial charge is 0.394 e. The minimum atomic E-state index is -0.405. The Morgan fingerprint density at radius 2 is 2.29 bits per heavy atom. The van der Waals surface area contributed by atoms with E-state index in [1.165, 1.54) is 6.07 Å². The number of nitrogens with one attached hydrogen (secondary N) is 1. The quantitative estimate of drug-likeness (QED) is 0.638. The van der Waals surface area contributed by atoms with Crippen LogP contribution in [0, 0.1) is 10.1 Å². The predicted octanol–water partition coefficient (Wildman–Crippen LogP) is 2.16. The molecule has 0 saturated carbocycles. The number of pyridine rings is 1. The summed E-state index contributed by atoms with van der Waals surface area (Å²) >= 11 is 0. The molecule has 1 aliphatic heterocycles. The maximum atomic E-state index is 11.3. The Balaban J connectivity index is 2.41. The molecule has 1 aromatic rings. The zero-order chi connectivity index (χ0) is 15.2. The SMILES string of the molecule is CCNc1ccc([N+](=O)[O-])c(N2CCCCCC2CO)n1. The van der Waals surface area contributed by atoms with Crippen molar-refractivity contribution in [1.29, 1.82) is 0 Å². The second-order valence-electron chi connectivity index (χ2n) is 5.21. The molecule has 0 radical (unpaired) electrons. The van der Waals surface area contributed by atoms with Gasteiger partial charge in [0.2, 0.25) is 5.82 Å². The van der Waals surface area contributed by atoms with Gasteiger partial charge in [-0.15, -0.1) is 0 Å². The van der Waals surface area contributed by atoms with Crippen molar-refractivity contribution in [3.05, 3.63) is 22.2 Å². The van der Waals surface area contributed by atoms with Crippen molar-refractivity contribution in [2.45, 2.75) is 38.6 Å². The molecule has 2 rings (SSSR count). The standard InChI is InChI=1S/C14H22N4O3/c1-2-15-13-8-7-12(18(20)21)14(16-13)17-9-5-3-4-6-11(17)10-19/h7-8,11,19H,2-6,9-10H2,1H3,(H,15,16). The normalized spacial score (nSPS) is 19.1. The van der Waals surface area contributed by atoms with Crippen LogP contribution in [0.1, 0.15) is 32.6 Å². The van der Waals surface area contributed by atoms with Gasteiger partial charge in [-0.05, 0) is 25.8 Å². The van der Waals surface area contributed by atoms with Crippen LogP contribution in [0.2, 0.25) is 0 Å². The van der Waals surface area contributed by atoms with Gasteiger partial charge in [0.15, 0.2) is 0 Å². The number of aliphatic hydroxyl groups is 1. The van der Waals surface area contributed by atoms with Crippen molar-refractivity contribution in [3.8, 4) is 0 Å². The summed E-state index contributed by atoms with van der Waals surface area (Å²) in [5.41, 5.74) is -0.00277. The lowest BCUT2D eigenvalue weighted by Gasteiger charge is -2.29. The lowest BCUT2D eigenvalue weighted by molar-refractivity contribution is -0.384. The molecular formula is C14H22N4O3. The van der Waals surface area contributed by atoms with Gasteiger partial charge in [0, 0.05) is 19.2 Å². The van der Waals surface area contributed by atoms with Crippen molar-refractivity contribution in [2.24, 2.45) is 0 Å². The third-order valence-corrected chi connectivity index (χ3v) is 3.77. The molecule has 1 saturated heterocycles. The van der Waals surface area contributed by atoms with Crippen LogP contribution < -0.4 is 10.2 Å². The first-order valence-corrected chi connectivity index (χ1v) is 7.44. The van der Waals surface area contributed by atoms with Crippen LogP contribution in [-0.2, 0) is 0 Å². The lowest BCUT2D eigenvalue weighted by atomic mass is 10.1.